The van der Waals surface area contributed by atoms with Crippen molar-refractivity contribution in [2.75, 3.05) is 43.4 Å². The minimum absolute atomic E-state index is 0.0181. The van der Waals surface area contributed by atoms with Gasteiger partial charge in [-0.05, 0) is 73.0 Å². The summed E-state index contributed by atoms with van der Waals surface area (Å²) in [7, 11) is 2.03. The number of carboxylic acid groups (broad SMARTS) is 1. The van der Waals surface area contributed by atoms with Crippen molar-refractivity contribution in [3.8, 4) is 16.9 Å². The van der Waals surface area contributed by atoms with Gasteiger partial charge in [0, 0.05) is 25.8 Å². The number of carbonyl (C=O) groups is 2. The highest BCUT2D eigenvalue weighted by Crippen LogP contribution is 2.30. The summed E-state index contributed by atoms with van der Waals surface area (Å²) in [5.41, 5.74) is 4.19. The maximum absolute atomic E-state index is 13.8. The summed E-state index contributed by atoms with van der Waals surface area (Å²) in [5.74, 6) is -1.12. The largest absolute Gasteiger partial charge is 0.488 e. The quantitative estimate of drug-likeness (QED) is 0.209. The second-order valence-corrected chi connectivity index (χ2v) is 10.7. The van der Waals surface area contributed by atoms with Crippen LogP contribution in [0, 0.1) is 0 Å². The number of hydrogen-bond donors (Lipinski definition) is 2. The van der Waals surface area contributed by atoms with E-state index in [1.165, 1.54) is 25.3 Å². The number of likely N-dealkylation sites (tertiary alicyclic amines) is 1. The number of nitrogens with zero attached hydrogens (tertiary/aromatic N) is 2. The fourth-order valence-electron chi connectivity index (χ4n) is 5.23. The second-order valence-electron chi connectivity index (χ2n) is 10.7. The van der Waals surface area contributed by atoms with Crippen LogP contribution in [0.2, 0.25) is 0 Å². The number of carbonyl (C=O) groups excluding carboxylic acids is 1. The lowest BCUT2D eigenvalue weighted by atomic mass is 10.0. The van der Waals surface area contributed by atoms with Crippen LogP contribution in [0.5, 0.6) is 5.75 Å². The molecular weight excluding hydrogens is 526 g/mol. The van der Waals surface area contributed by atoms with Gasteiger partial charge < -0.3 is 25.0 Å². The highest BCUT2D eigenvalue weighted by Gasteiger charge is 2.20. The molecule has 0 bridgehead atoms. The number of ether oxygens (including phenoxy) is 1. The van der Waals surface area contributed by atoms with Crippen molar-refractivity contribution >= 4 is 23.3 Å². The van der Waals surface area contributed by atoms with Crippen molar-refractivity contribution in [1.29, 1.82) is 0 Å². The Morgan fingerprint density at radius 3 is 2.26 bits per heavy atom. The molecule has 0 aromatic heterocycles. The predicted molar refractivity (Wildman–Crippen MR) is 168 cm³/mol. The Morgan fingerprint density at radius 2 is 1.55 bits per heavy atom. The van der Waals surface area contributed by atoms with Gasteiger partial charge >= 0.3 is 5.97 Å². The number of aromatic carboxylic acids is 1. The Labute approximate surface area is 247 Å². The first-order valence-electron chi connectivity index (χ1n) is 14.5. The van der Waals surface area contributed by atoms with Gasteiger partial charge in [-0.25, -0.2) is 4.79 Å². The molecule has 2 N–H and O–H groups in total. The van der Waals surface area contributed by atoms with Crippen molar-refractivity contribution < 1.29 is 19.4 Å². The third-order valence-corrected chi connectivity index (χ3v) is 7.69. The summed E-state index contributed by atoms with van der Waals surface area (Å²) in [6.45, 7) is 4.34. The number of nitrogens with one attached hydrogen (secondary N) is 1. The van der Waals surface area contributed by atoms with Crippen LogP contribution in [-0.4, -0.2) is 55.1 Å². The second kappa shape index (κ2) is 13.8. The Bertz CT molecular complexity index is 1500. The van der Waals surface area contributed by atoms with Gasteiger partial charge in [0.15, 0.2) is 0 Å². The molecule has 5 rings (SSSR count). The van der Waals surface area contributed by atoms with Gasteiger partial charge in [0.05, 0.1) is 16.8 Å². The topological polar surface area (TPSA) is 82.1 Å². The molecule has 7 nitrogen and oxygen atoms in total. The average molecular weight is 564 g/mol. The van der Waals surface area contributed by atoms with Crippen LogP contribution < -0.4 is 15.0 Å². The van der Waals surface area contributed by atoms with Crippen LogP contribution in [-0.2, 0) is 6.61 Å². The molecule has 0 unspecified atom stereocenters. The molecule has 1 saturated heterocycles. The molecule has 1 aliphatic heterocycles. The highest BCUT2D eigenvalue weighted by molar-refractivity contribution is 6.10. The Balaban J connectivity index is 1.42. The summed E-state index contributed by atoms with van der Waals surface area (Å²) in [6.07, 6.45) is 3.78. The third kappa shape index (κ3) is 7.36. The number of carboxylic acids is 1. The summed E-state index contributed by atoms with van der Waals surface area (Å²) >= 11 is 0. The molecule has 0 radical (unpaired) electrons. The van der Waals surface area contributed by atoms with Gasteiger partial charge in [0.2, 0.25) is 0 Å². The van der Waals surface area contributed by atoms with Gasteiger partial charge in [0.1, 0.15) is 12.4 Å². The molecule has 4 aromatic rings. The molecule has 4 aromatic carbocycles. The predicted octanol–water partition coefficient (Wildman–Crippen LogP) is 6.81. The molecule has 1 fully saturated rings. The van der Waals surface area contributed by atoms with E-state index in [-0.39, 0.29) is 11.3 Å². The summed E-state index contributed by atoms with van der Waals surface area (Å²) in [6, 6.07) is 30.0. The Kier molecular flexibility index (Phi) is 9.51. The molecule has 42 heavy (non-hydrogen) atoms. The SMILES string of the molecule is CN(CCN1CCCCC1)c1ccc(OCc2ccccc2)c(C(=O)Nc2cc(-c3ccccc3)ccc2C(=O)O)c1. The van der Waals surface area contributed by atoms with E-state index >= 15 is 0 Å². The van der Waals surface area contributed by atoms with Gasteiger partial charge in [-0.1, -0.05) is 73.2 Å². The lowest BCUT2D eigenvalue weighted by Gasteiger charge is -2.29. The zero-order valence-corrected chi connectivity index (χ0v) is 24.0. The van der Waals surface area contributed by atoms with E-state index in [0.29, 0.717) is 17.9 Å². The van der Waals surface area contributed by atoms with Crippen molar-refractivity contribution in [3.63, 3.8) is 0 Å². The lowest BCUT2D eigenvalue weighted by Crippen LogP contribution is -2.36. The normalized spacial score (nSPS) is 13.4. The molecule has 1 aliphatic rings. The summed E-state index contributed by atoms with van der Waals surface area (Å²) in [4.78, 5) is 30.5. The Morgan fingerprint density at radius 1 is 0.833 bits per heavy atom. The van der Waals surface area contributed by atoms with Crippen LogP contribution in [0.1, 0.15) is 45.5 Å². The average Bonchev–Trinajstić information content (AvgIpc) is 3.03. The number of rotatable bonds is 11. The van der Waals surface area contributed by atoms with E-state index in [9.17, 15) is 14.7 Å². The van der Waals surface area contributed by atoms with E-state index in [2.05, 4.69) is 15.1 Å². The first-order chi connectivity index (χ1) is 20.5. The zero-order valence-electron chi connectivity index (χ0n) is 24.0. The molecule has 0 spiro atoms. The van der Waals surface area contributed by atoms with E-state index in [1.807, 2.05) is 85.9 Å². The number of anilines is 2. The van der Waals surface area contributed by atoms with Crippen LogP contribution in [0.3, 0.4) is 0 Å². The number of hydrogen-bond acceptors (Lipinski definition) is 5. The molecule has 1 heterocycles. The molecule has 216 valence electrons. The van der Waals surface area contributed by atoms with E-state index in [4.69, 9.17) is 4.74 Å². The van der Waals surface area contributed by atoms with Crippen LogP contribution in [0.4, 0.5) is 11.4 Å². The van der Waals surface area contributed by atoms with Crippen molar-refractivity contribution in [2.24, 2.45) is 0 Å². The zero-order chi connectivity index (χ0) is 29.3. The number of amides is 1. The minimum Gasteiger partial charge on any atom is -0.488 e. The smallest absolute Gasteiger partial charge is 0.337 e. The standard InChI is InChI=1S/C35H37N3O4/c1-37(21-22-38-19-9-4-10-20-38)29-16-18-33(42-25-26-11-5-2-6-12-26)31(24-29)34(39)36-32-23-28(15-17-30(32)35(40)41)27-13-7-3-8-14-27/h2-3,5-8,11-18,23-24H,4,9-10,19-22,25H2,1H3,(H,36,39)(H,40,41). The third-order valence-electron chi connectivity index (χ3n) is 7.69. The van der Waals surface area contributed by atoms with Crippen molar-refractivity contribution in [3.05, 3.63) is 114 Å². The van der Waals surface area contributed by atoms with E-state index in [1.54, 1.807) is 12.1 Å². The van der Waals surface area contributed by atoms with Gasteiger partial charge in [-0.15, -0.1) is 0 Å². The van der Waals surface area contributed by atoms with Crippen molar-refractivity contribution in [2.45, 2.75) is 25.9 Å². The molecule has 0 atom stereocenters. The number of piperidine rings is 1. The Hall–Kier alpha value is -4.62. The first kappa shape index (κ1) is 28.9. The monoisotopic (exact) mass is 563 g/mol. The maximum Gasteiger partial charge on any atom is 0.337 e. The van der Waals surface area contributed by atoms with E-state index < -0.39 is 11.9 Å². The molecule has 1 amide bonds. The van der Waals surface area contributed by atoms with E-state index in [0.717, 1.165) is 48.6 Å². The van der Waals surface area contributed by atoms with Gasteiger partial charge in [-0.2, -0.15) is 0 Å². The molecular formula is C35H37N3O4. The summed E-state index contributed by atoms with van der Waals surface area (Å²) in [5, 5.41) is 12.8. The fraction of sp³-hybridized carbons (Fsp3) is 0.257. The van der Waals surface area contributed by atoms with Gasteiger partial charge in [-0.3, -0.25) is 4.79 Å². The maximum atomic E-state index is 13.8. The fourth-order valence-corrected chi connectivity index (χ4v) is 5.23. The summed E-state index contributed by atoms with van der Waals surface area (Å²) < 4.78 is 6.14. The minimum atomic E-state index is -1.11. The lowest BCUT2D eigenvalue weighted by molar-refractivity contribution is 0.0698. The van der Waals surface area contributed by atoms with Crippen LogP contribution in [0.15, 0.2) is 97.1 Å². The molecule has 7 heteroatoms. The highest BCUT2D eigenvalue weighted by atomic mass is 16.5. The number of likely N-dealkylation sites (N-methyl/N-ethyl adjacent to an activating group) is 1. The number of benzene rings is 4. The van der Waals surface area contributed by atoms with Crippen LogP contribution >= 0.6 is 0 Å². The first-order valence-corrected chi connectivity index (χ1v) is 14.5. The van der Waals surface area contributed by atoms with Crippen molar-refractivity contribution in [1.82, 2.24) is 4.90 Å². The van der Waals surface area contributed by atoms with Crippen LogP contribution in [0.25, 0.3) is 11.1 Å². The molecule has 0 saturated carbocycles. The molecule has 0 aliphatic carbocycles. The van der Waals surface area contributed by atoms with Gasteiger partial charge in [0.25, 0.3) is 5.91 Å².